The van der Waals surface area contributed by atoms with Crippen LogP contribution in [0.25, 0.3) is 44.5 Å². The minimum Gasteiger partial charge on any atom is -0.355 e. The van der Waals surface area contributed by atoms with Gasteiger partial charge in [0.2, 0.25) is 0 Å². The molecule has 26 heavy (non-hydrogen) atoms. The van der Waals surface area contributed by atoms with Gasteiger partial charge in [-0.25, -0.2) is 0 Å². The number of H-pyrrole nitrogens is 1. The molecule has 2 nitrogen and oxygen atoms in total. The molecule has 5 aromatic rings. The first-order chi connectivity index (χ1) is 12.9. The number of fused-ring (bicyclic) bond motifs is 6. The molecule has 2 heteroatoms. The van der Waals surface area contributed by atoms with Gasteiger partial charge in [0.25, 0.3) is 0 Å². The first-order valence-electron chi connectivity index (χ1n) is 9.20. The van der Waals surface area contributed by atoms with E-state index in [-0.39, 0.29) is 0 Å². The van der Waals surface area contributed by atoms with Crippen LogP contribution in [0, 0.1) is 0 Å². The van der Waals surface area contributed by atoms with Gasteiger partial charge in [0.15, 0.2) is 0 Å². The van der Waals surface area contributed by atoms with Crippen molar-refractivity contribution >= 4 is 38.8 Å². The van der Waals surface area contributed by atoms with Gasteiger partial charge in [0, 0.05) is 44.1 Å². The lowest BCUT2D eigenvalue weighted by molar-refractivity contribution is 0.889. The summed E-state index contributed by atoms with van der Waals surface area (Å²) in [6, 6.07) is 24.1. The number of nitrogens with zero attached hydrogens (tertiary/aromatic N) is 1. The minimum atomic E-state index is 1.09. The first-order valence-corrected chi connectivity index (χ1v) is 9.20. The first kappa shape index (κ1) is 14.0. The minimum absolute atomic E-state index is 1.09. The Morgan fingerprint density at radius 1 is 0.769 bits per heavy atom. The third-order valence-corrected chi connectivity index (χ3v) is 5.60. The van der Waals surface area contributed by atoms with Crippen LogP contribution in [-0.2, 0) is 6.42 Å². The quantitative estimate of drug-likeness (QED) is 0.375. The molecule has 0 saturated heterocycles. The molecule has 124 valence electrons. The molecule has 2 heterocycles. The summed E-state index contributed by atoms with van der Waals surface area (Å²) in [6.07, 6.45) is 6.79. The number of allylic oxidation sites excluding steroid dienone is 1. The van der Waals surface area contributed by atoms with E-state index in [1.165, 1.54) is 49.7 Å². The van der Waals surface area contributed by atoms with Gasteiger partial charge in [-0.05, 0) is 43.2 Å². The molecule has 0 saturated carbocycles. The molecule has 0 unspecified atom stereocenters. The molecule has 3 aromatic carbocycles. The standard InChI is InChI=1S/C24H18N2/c1-4-10-21-17(7-1)20-15-16(13-14-22(20)25-21)26-23-11-5-2-8-18(23)19-9-3-6-12-24(19)26/h1-5,7-11,13-15,25H,6,12H2. The van der Waals surface area contributed by atoms with Crippen molar-refractivity contribution in [1.29, 1.82) is 0 Å². The third-order valence-electron chi connectivity index (χ3n) is 5.60. The molecule has 0 amide bonds. The average molecular weight is 334 g/mol. The normalized spacial score (nSPS) is 13.7. The molecule has 0 bridgehead atoms. The van der Waals surface area contributed by atoms with Gasteiger partial charge in [-0.3, -0.25) is 0 Å². The fourth-order valence-corrected chi connectivity index (χ4v) is 4.44. The Hall–Kier alpha value is -3.26. The average Bonchev–Trinajstić information content (AvgIpc) is 3.23. The zero-order valence-electron chi connectivity index (χ0n) is 14.4. The Kier molecular flexibility index (Phi) is 2.75. The fraction of sp³-hybridized carbons (Fsp3) is 0.0833. The molecule has 0 radical (unpaired) electrons. The van der Waals surface area contributed by atoms with Crippen molar-refractivity contribution in [2.24, 2.45) is 0 Å². The number of hydrogen-bond acceptors (Lipinski definition) is 0. The Morgan fingerprint density at radius 2 is 1.58 bits per heavy atom. The van der Waals surface area contributed by atoms with Gasteiger partial charge in [-0.1, -0.05) is 48.6 Å². The van der Waals surface area contributed by atoms with Crippen molar-refractivity contribution in [2.45, 2.75) is 12.8 Å². The molecule has 6 rings (SSSR count). The maximum Gasteiger partial charge on any atom is 0.0537 e. The number of aromatic amines is 1. The van der Waals surface area contributed by atoms with Crippen molar-refractivity contribution in [2.75, 3.05) is 0 Å². The number of para-hydroxylation sites is 2. The van der Waals surface area contributed by atoms with Crippen LogP contribution in [0.5, 0.6) is 0 Å². The molecular formula is C24H18N2. The maximum atomic E-state index is 3.53. The van der Waals surface area contributed by atoms with E-state index in [1.807, 2.05) is 0 Å². The summed E-state index contributed by atoms with van der Waals surface area (Å²) in [5.74, 6) is 0. The highest BCUT2D eigenvalue weighted by Gasteiger charge is 2.18. The van der Waals surface area contributed by atoms with E-state index >= 15 is 0 Å². The second-order valence-corrected chi connectivity index (χ2v) is 7.05. The highest BCUT2D eigenvalue weighted by molar-refractivity contribution is 6.08. The van der Waals surface area contributed by atoms with Crippen LogP contribution >= 0.6 is 0 Å². The summed E-state index contributed by atoms with van der Waals surface area (Å²) < 4.78 is 2.45. The lowest BCUT2D eigenvalue weighted by atomic mass is 10.0. The van der Waals surface area contributed by atoms with Crippen LogP contribution in [-0.4, -0.2) is 9.55 Å². The molecule has 0 fully saturated rings. The van der Waals surface area contributed by atoms with Crippen LogP contribution in [0.15, 0.2) is 72.8 Å². The van der Waals surface area contributed by atoms with Crippen molar-refractivity contribution in [3.63, 3.8) is 0 Å². The van der Waals surface area contributed by atoms with Crippen molar-refractivity contribution in [3.8, 4) is 5.69 Å². The second kappa shape index (κ2) is 5.12. The summed E-state index contributed by atoms with van der Waals surface area (Å²) >= 11 is 0. The Morgan fingerprint density at radius 3 is 2.54 bits per heavy atom. The molecule has 0 spiro atoms. The number of benzene rings is 3. The molecular weight excluding hydrogens is 316 g/mol. The van der Waals surface area contributed by atoms with Gasteiger partial charge in [0.1, 0.15) is 0 Å². The van der Waals surface area contributed by atoms with E-state index in [0.717, 1.165) is 12.8 Å². The van der Waals surface area contributed by atoms with Gasteiger partial charge in [-0.15, -0.1) is 0 Å². The summed E-state index contributed by atoms with van der Waals surface area (Å²) in [5.41, 5.74) is 7.74. The van der Waals surface area contributed by atoms with Crippen LogP contribution in [0.2, 0.25) is 0 Å². The Balaban J connectivity index is 1.71. The number of aromatic nitrogens is 2. The highest BCUT2D eigenvalue weighted by Crippen LogP contribution is 2.35. The Bertz CT molecular complexity index is 1330. The largest absolute Gasteiger partial charge is 0.355 e. The van der Waals surface area contributed by atoms with Crippen LogP contribution in [0.3, 0.4) is 0 Å². The number of hydrogen-bond donors (Lipinski definition) is 1. The second-order valence-electron chi connectivity index (χ2n) is 7.05. The van der Waals surface area contributed by atoms with Crippen LogP contribution in [0.1, 0.15) is 17.7 Å². The van der Waals surface area contributed by atoms with E-state index in [4.69, 9.17) is 0 Å². The number of nitrogens with one attached hydrogen (secondary N) is 1. The zero-order chi connectivity index (χ0) is 17.1. The smallest absolute Gasteiger partial charge is 0.0537 e. The van der Waals surface area contributed by atoms with Crippen LogP contribution in [0.4, 0.5) is 0 Å². The van der Waals surface area contributed by atoms with Crippen LogP contribution < -0.4 is 0 Å². The molecule has 0 aliphatic heterocycles. The molecule has 1 aliphatic rings. The van der Waals surface area contributed by atoms with E-state index in [0.29, 0.717) is 0 Å². The zero-order valence-corrected chi connectivity index (χ0v) is 14.4. The van der Waals surface area contributed by atoms with Crippen molar-refractivity contribution < 1.29 is 0 Å². The van der Waals surface area contributed by atoms with E-state index in [9.17, 15) is 0 Å². The van der Waals surface area contributed by atoms with Crippen molar-refractivity contribution in [3.05, 3.63) is 84.1 Å². The van der Waals surface area contributed by atoms with Gasteiger partial charge < -0.3 is 9.55 Å². The predicted molar refractivity (Wildman–Crippen MR) is 110 cm³/mol. The summed E-state index contributed by atoms with van der Waals surface area (Å²) in [6.45, 7) is 0. The maximum absolute atomic E-state index is 3.53. The van der Waals surface area contributed by atoms with Crippen molar-refractivity contribution in [1.82, 2.24) is 9.55 Å². The SMILES string of the molecule is C1=Cc2c(n(-c3ccc4[nH]c5ccccc5c4c3)c3ccccc23)CC1. The monoisotopic (exact) mass is 334 g/mol. The summed E-state index contributed by atoms with van der Waals surface area (Å²) in [4.78, 5) is 3.53. The van der Waals surface area contributed by atoms with Gasteiger partial charge >= 0.3 is 0 Å². The van der Waals surface area contributed by atoms with E-state index in [2.05, 4.69) is 88.4 Å². The molecule has 1 aliphatic carbocycles. The summed E-state index contributed by atoms with van der Waals surface area (Å²) in [5, 5.41) is 3.92. The van der Waals surface area contributed by atoms with Gasteiger partial charge in [-0.2, -0.15) is 0 Å². The third kappa shape index (κ3) is 1.81. The van der Waals surface area contributed by atoms with Gasteiger partial charge in [0.05, 0.1) is 5.52 Å². The summed E-state index contributed by atoms with van der Waals surface area (Å²) in [7, 11) is 0. The fourth-order valence-electron chi connectivity index (χ4n) is 4.44. The predicted octanol–water partition coefficient (Wildman–Crippen LogP) is 6.22. The molecule has 1 N–H and O–H groups in total. The topological polar surface area (TPSA) is 20.7 Å². The van der Waals surface area contributed by atoms with E-state index < -0.39 is 0 Å². The molecule has 2 aromatic heterocycles. The lowest BCUT2D eigenvalue weighted by Gasteiger charge is -2.13. The Labute approximate surface area is 151 Å². The highest BCUT2D eigenvalue weighted by atomic mass is 15.0. The number of rotatable bonds is 1. The molecule has 0 atom stereocenters. The van der Waals surface area contributed by atoms with E-state index in [1.54, 1.807) is 0 Å². The lowest BCUT2D eigenvalue weighted by Crippen LogP contribution is -2.02.